The smallest absolute Gasteiger partial charge is 0.233 e. The Morgan fingerprint density at radius 3 is 2.84 bits per heavy atom. The molecule has 0 aliphatic heterocycles. The summed E-state index contributed by atoms with van der Waals surface area (Å²) in [5.41, 5.74) is -0.213. The van der Waals surface area contributed by atoms with Crippen LogP contribution in [0.1, 0.15) is 27.7 Å². The molecule has 1 N–H and O–H groups in total. The van der Waals surface area contributed by atoms with E-state index in [1.54, 1.807) is 17.7 Å². The van der Waals surface area contributed by atoms with Gasteiger partial charge in [0.1, 0.15) is 16.2 Å². The van der Waals surface area contributed by atoms with E-state index in [9.17, 15) is 4.79 Å². The van der Waals surface area contributed by atoms with E-state index in [1.807, 2.05) is 39.1 Å². The van der Waals surface area contributed by atoms with Gasteiger partial charge in [0, 0.05) is 10.9 Å². The van der Waals surface area contributed by atoms with Crippen LogP contribution in [-0.4, -0.2) is 26.7 Å². The van der Waals surface area contributed by atoms with Crippen molar-refractivity contribution in [2.75, 3.05) is 0 Å². The van der Waals surface area contributed by atoms with E-state index in [0.29, 0.717) is 0 Å². The van der Waals surface area contributed by atoms with Crippen molar-refractivity contribution >= 4 is 39.2 Å². The van der Waals surface area contributed by atoms with Gasteiger partial charge in [0.25, 0.3) is 0 Å². The Morgan fingerprint density at radius 1 is 1.42 bits per heavy atom. The minimum Gasteiger partial charge on any atom is -0.351 e. The van der Waals surface area contributed by atoms with Gasteiger partial charge in [0.05, 0.1) is 5.25 Å². The van der Waals surface area contributed by atoms with Crippen LogP contribution in [0, 0.1) is 0 Å². The zero-order valence-electron chi connectivity index (χ0n) is 11.4. The average Bonchev–Trinajstić information content (AvgIpc) is 2.75. The van der Waals surface area contributed by atoms with Crippen LogP contribution in [0.3, 0.4) is 0 Å². The zero-order chi connectivity index (χ0) is 14.0. The highest BCUT2D eigenvalue weighted by molar-refractivity contribution is 8.00. The third-order valence-electron chi connectivity index (χ3n) is 2.38. The number of carbonyl (C=O) groups excluding carboxylic acids is 1. The van der Waals surface area contributed by atoms with Gasteiger partial charge in [-0.15, -0.1) is 11.3 Å². The quantitative estimate of drug-likeness (QED) is 0.698. The molecule has 1 amide bonds. The van der Waals surface area contributed by atoms with Crippen molar-refractivity contribution in [2.45, 2.75) is 43.5 Å². The second-order valence-corrected chi connectivity index (χ2v) is 7.54. The monoisotopic (exact) mass is 295 g/mol. The van der Waals surface area contributed by atoms with Crippen molar-refractivity contribution in [3.05, 3.63) is 17.8 Å². The number of rotatable bonds is 3. The molecule has 2 heterocycles. The minimum atomic E-state index is -0.213. The maximum Gasteiger partial charge on any atom is 0.233 e. The summed E-state index contributed by atoms with van der Waals surface area (Å²) >= 11 is 3.05. The van der Waals surface area contributed by atoms with Crippen LogP contribution in [0.5, 0.6) is 0 Å². The van der Waals surface area contributed by atoms with Gasteiger partial charge in [-0.05, 0) is 39.1 Å². The summed E-state index contributed by atoms with van der Waals surface area (Å²) < 4.78 is 0. The van der Waals surface area contributed by atoms with Crippen LogP contribution in [0.15, 0.2) is 22.8 Å². The molecule has 0 saturated heterocycles. The molecule has 2 aromatic heterocycles. The van der Waals surface area contributed by atoms with Crippen molar-refractivity contribution < 1.29 is 4.79 Å². The summed E-state index contributed by atoms with van der Waals surface area (Å²) in [7, 11) is 0. The van der Waals surface area contributed by atoms with Crippen molar-refractivity contribution in [2.24, 2.45) is 0 Å². The fourth-order valence-corrected chi connectivity index (χ4v) is 3.25. The van der Waals surface area contributed by atoms with Crippen molar-refractivity contribution in [1.29, 1.82) is 0 Å². The predicted octanol–water partition coefficient (Wildman–Crippen LogP) is 3.09. The van der Waals surface area contributed by atoms with E-state index in [1.165, 1.54) is 11.8 Å². The van der Waals surface area contributed by atoms with Gasteiger partial charge in [0.15, 0.2) is 0 Å². The van der Waals surface area contributed by atoms with Crippen LogP contribution in [-0.2, 0) is 4.79 Å². The highest BCUT2D eigenvalue weighted by Crippen LogP contribution is 2.30. The molecule has 0 radical (unpaired) electrons. The molecular weight excluding hydrogens is 278 g/mol. The number of carbonyl (C=O) groups is 1. The van der Waals surface area contributed by atoms with Gasteiger partial charge in [0.2, 0.25) is 5.91 Å². The lowest BCUT2D eigenvalue weighted by Crippen LogP contribution is -2.44. The first kappa shape index (κ1) is 14.3. The Labute approximate surface area is 121 Å². The number of thioether (sulfide) groups is 1. The van der Waals surface area contributed by atoms with E-state index >= 15 is 0 Å². The molecule has 2 aromatic rings. The molecule has 0 aromatic carbocycles. The minimum absolute atomic E-state index is 0.0273. The van der Waals surface area contributed by atoms with Crippen LogP contribution >= 0.6 is 23.1 Å². The largest absolute Gasteiger partial charge is 0.351 e. The van der Waals surface area contributed by atoms with Crippen molar-refractivity contribution in [1.82, 2.24) is 15.3 Å². The maximum absolute atomic E-state index is 12.1. The van der Waals surface area contributed by atoms with Gasteiger partial charge in [-0.25, -0.2) is 9.97 Å². The highest BCUT2D eigenvalue weighted by Gasteiger charge is 2.21. The third-order valence-corrected chi connectivity index (χ3v) is 4.32. The number of fused-ring (bicyclic) bond motifs is 1. The highest BCUT2D eigenvalue weighted by atomic mass is 32.2. The molecule has 2 rings (SSSR count). The second kappa shape index (κ2) is 5.46. The predicted molar refractivity (Wildman–Crippen MR) is 80.6 cm³/mol. The van der Waals surface area contributed by atoms with E-state index in [4.69, 9.17) is 0 Å². The first-order valence-electron chi connectivity index (χ1n) is 6.04. The summed E-state index contributed by atoms with van der Waals surface area (Å²) in [4.78, 5) is 21.5. The summed E-state index contributed by atoms with van der Waals surface area (Å²) in [5.74, 6) is 0.0273. The zero-order valence-corrected chi connectivity index (χ0v) is 13.1. The Hall–Kier alpha value is -1.14. The molecule has 0 unspecified atom stereocenters. The SMILES string of the molecule is C[C@@H](Sc1ncnc2sccc12)C(=O)NC(C)(C)C. The molecular formula is C13H17N3OS2. The van der Waals surface area contributed by atoms with E-state index in [-0.39, 0.29) is 16.7 Å². The number of aromatic nitrogens is 2. The molecule has 0 spiro atoms. The summed E-state index contributed by atoms with van der Waals surface area (Å²) in [6.45, 7) is 7.82. The molecule has 4 nitrogen and oxygen atoms in total. The first-order valence-corrected chi connectivity index (χ1v) is 7.79. The van der Waals surface area contributed by atoms with Crippen LogP contribution in [0.4, 0.5) is 0 Å². The first-order chi connectivity index (χ1) is 8.87. The molecule has 102 valence electrons. The topological polar surface area (TPSA) is 54.9 Å². The van der Waals surface area contributed by atoms with Crippen molar-refractivity contribution in [3.8, 4) is 0 Å². The third kappa shape index (κ3) is 3.67. The van der Waals surface area contributed by atoms with Crippen LogP contribution in [0.25, 0.3) is 10.2 Å². The summed E-state index contributed by atoms with van der Waals surface area (Å²) in [6, 6.07) is 2.00. The number of thiophene rings is 1. The Balaban J connectivity index is 2.12. The summed E-state index contributed by atoms with van der Waals surface area (Å²) in [5, 5.41) is 6.67. The molecule has 1 atom stereocenters. The normalized spacial score (nSPS) is 13.5. The van der Waals surface area contributed by atoms with Gasteiger partial charge in [-0.2, -0.15) is 0 Å². The molecule has 19 heavy (non-hydrogen) atoms. The molecule has 6 heteroatoms. The van der Waals surface area contributed by atoms with Crippen molar-refractivity contribution in [3.63, 3.8) is 0 Å². The lowest BCUT2D eigenvalue weighted by Gasteiger charge is -2.22. The number of hydrogen-bond acceptors (Lipinski definition) is 5. The van der Waals surface area contributed by atoms with Gasteiger partial charge >= 0.3 is 0 Å². The van der Waals surface area contributed by atoms with Crippen LogP contribution in [0.2, 0.25) is 0 Å². The molecule has 0 fully saturated rings. The molecule has 0 aliphatic rings. The Morgan fingerprint density at radius 2 is 2.16 bits per heavy atom. The summed E-state index contributed by atoms with van der Waals surface area (Å²) in [6.07, 6.45) is 1.55. The molecule has 0 saturated carbocycles. The number of nitrogens with zero attached hydrogens (tertiary/aromatic N) is 2. The lowest BCUT2D eigenvalue weighted by molar-refractivity contribution is -0.121. The number of nitrogens with one attached hydrogen (secondary N) is 1. The number of amides is 1. The van der Waals surface area contributed by atoms with E-state index in [2.05, 4.69) is 15.3 Å². The lowest BCUT2D eigenvalue weighted by atomic mass is 10.1. The molecule has 0 bridgehead atoms. The van der Waals surface area contributed by atoms with E-state index < -0.39 is 0 Å². The molecule has 0 aliphatic carbocycles. The Bertz CT molecular complexity index is 589. The standard InChI is InChI=1S/C13H17N3OS2/c1-8(10(17)16-13(2,3)4)19-12-9-5-6-18-11(9)14-7-15-12/h5-8H,1-4H3,(H,16,17)/t8-/m1/s1. The number of hydrogen-bond donors (Lipinski definition) is 1. The second-order valence-electron chi connectivity index (χ2n) is 5.32. The maximum atomic E-state index is 12.1. The van der Waals surface area contributed by atoms with E-state index in [0.717, 1.165) is 15.2 Å². The fraction of sp³-hybridized carbons (Fsp3) is 0.462. The van der Waals surface area contributed by atoms with Crippen LogP contribution < -0.4 is 5.32 Å². The Kier molecular flexibility index (Phi) is 4.10. The van der Waals surface area contributed by atoms with Gasteiger partial charge in [-0.3, -0.25) is 4.79 Å². The average molecular weight is 295 g/mol. The van der Waals surface area contributed by atoms with Gasteiger partial charge in [-0.1, -0.05) is 11.8 Å². The van der Waals surface area contributed by atoms with Gasteiger partial charge < -0.3 is 5.32 Å². The fourth-order valence-electron chi connectivity index (χ4n) is 1.55.